The van der Waals surface area contributed by atoms with Crippen LogP contribution in [0, 0.1) is 20.8 Å². The lowest BCUT2D eigenvalue weighted by Crippen LogP contribution is -2.29. The second-order valence-electron chi connectivity index (χ2n) is 8.53. The molecule has 0 unspecified atom stereocenters. The van der Waals surface area contributed by atoms with Crippen LogP contribution < -0.4 is 10.2 Å². The van der Waals surface area contributed by atoms with Crippen LogP contribution in [-0.4, -0.2) is 10.1 Å². The van der Waals surface area contributed by atoms with E-state index in [1.54, 1.807) is 0 Å². The highest BCUT2D eigenvalue weighted by atomic mass is 79.9. The van der Waals surface area contributed by atoms with Crippen LogP contribution in [0.15, 0.2) is 81.8 Å². The summed E-state index contributed by atoms with van der Waals surface area (Å²) in [5.41, 5.74) is 6.56. The monoisotopic (exact) mass is 517 g/mol. The van der Waals surface area contributed by atoms with E-state index in [1.807, 2.05) is 36.5 Å². The Hall–Kier alpha value is -2.96. The van der Waals surface area contributed by atoms with Gasteiger partial charge in [0.05, 0.1) is 11.7 Å². The number of rotatable bonds is 4. The third kappa shape index (κ3) is 4.21. The summed E-state index contributed by atoms with van der Waals surface area (Å²) in [6.45, 7) is 6.29. The van der Waals surface area contributed by atoms with Gasteiger partial charge in [-0.25, -0.2) is 0 Å². The van der Waals surface area contributed by atoms with Crippen LogP contribution in [0.4, 0.5) is 5.69 Å². The predicted octanol–water partition coefficient (Wildman–Crippen LogP) is 7.21. The van der Waals surface area contributed by atoms with Crippen molar-refractivity contribution in [3.8, 4) is 11.3 Å². The second kappa shape index (κ2) is 8.76. The Morgan fingerprint density at radius 3 is 2.42 bits per heavy atom. The van der Waals surface area contributed by atoms with E-state index in [0.29, 0.717) is 5.11 Å². The van der Waals surface area contributed by atoms with Crippen molar-refractivity contribution >= 4 is 38.9 Å². The van der Waals surface area contributed by atoms with Crippen molar-refractivity contribution in [1.29, 1.82) is 0 Å². The molecule has 0 bridgehead atoms. The highest BCUT2D eigenvalue weighted by Crippen LogP contribution is 2.43. The molecule has 2 atom stereocenters. The third-order valence-electron chi connectivity index (χ3n) is 5.89. The molecule has 1 aliphatic rings. The summed E-state index contributed by atoms with van der Waals surface area (Å²) in [5.74, 6) is 1.65. The van der Waals surface area contributed by atoms with Gasteiger partial charge >= 0.3 is 0 Å². The van der Waals surface area contributed by atoms with Gasteiger partial charge in [-0.3, -0.25) is 4.98 Å². The van der Waals surface area contributed by atoms with E-state index in [1.165, 1.54) is 16.7 Å². The largest absolute Gasteiger partial charge is 0.459 e. The number of nitrogens with zero attached hydrogens (tertiary/aromatic N) is 2. The summed E-state index contributed by atoms with van der Waals surface area (Å²) < 4.78 is 7.50. The number of furan rings is 1. The fourth-order valence-electron chi connectivity index (χ4n) is 4.49. The molecule has 0 aliphatic carbocycles. The Morgan fingerprint density at radius 2 is 1.73 bits per heavy atom. The number of benzene rings is 2. The minimum absolute atomic E-state index is 0.139. The average Bonchev–Trinajstić information content (AvgIpc) is 3.38. The molecule has 1 N–H and O–H groups in total. The van der Waals surface area contributed by atoms with E-state index in [9.17, 15) is 0 Å². The first kappa shape index (κ1) is 21.9. The first-order chi connectivity index (χ1) is 15.9. The van der Waals surface area contributed by atoms with E-state index in [2.05, 4.69) is 88.3 Å². The van der Waals surface area contributed by atoms with Crippen LogP contribution >= 0.6 is 28.1 Å². The third-order valence-corrected chi connectivity index (χ3v) is 6.86. The zero-order chi connectivity index (χ0) is 23.1. The molecule has 166 valence electrons. The van der Waals surface area contributed by atoms with Crippen LogP contribution in [-0.2, 0) is 0 Å². The zero-order valence-electron chi connectivity index (χ0n) is 18.7. The van der Waals surface area contributed by atoms with Crippen molar-refractivity contribution in [2.45, 2.75) is 32.9 Å². The number of hydrogen-bond donors (Lipinski definition) is 1. The Balaban J connectivity index is 1.62. The molecule has 0 saturated carbocycles. The normalized spacial score (nSPS) is 17.9. The van der Waals surface area contributed by atoms with Crippen molar-refractivity contribution < 1.29 is 4.42 Å². The Morgan fingerprint density at radius 1 is 0.939 bits per heavy atom. The number of aromatic nitrogens is 1. The van der Waals surface area contributed by atoms with Crippen molar-refractivity contribution in [1.82, 2.24) is 10.3 Å². The maximum atomic E-state index is 6.49. The van der Waals surface area contributed by atoms with Crippen LogP contribution in [0.25, 0.3) is 11.3 Å². The zero-order valence-corrected chi connectivity index (χ0v) is 21.1. The molecule has 1 fully saturated rings. The topological polar surface area (TPSA) is 41.3 Å². The highest BCUT2D eigenvalue weighted by molar-refractivity contribution is 9.10. The highest BCUT2D eigenvalue weighted by Gasteiger charge is 2.42. The molecule has 0 amide bonds. The lowest BCUT2D eigenvalue weighted by molar-refractivity contribution is 0.439. The van der Waals surface area contributed by atoms with Crippen molar-refractivity contribution in [2.24, 2.45) is 0 Å². The van der Waals surface area contributed by atoms with E-state index in [4.69, 9.17) is 16.6 Å². The maximum absolute atomic E-state index is 6.49. The molecule has 5 rings (SSSR count). The summed E-state index contributed by atoms with van der Waals surface area (Å²) in [6.07, 6.45) is 1.81. The van der Waals surface area contributed by atoms with Gasteiger partial charge in [0.25, 0.3) is 0 Å². The van der Waals surface area contributed by atoms with E-state index in [-0.39, 0.29) is 12.1 Å². The average molecular weight is 518 g/mol. The summed E-state index contributed by atoms with van der Waals surface area (Å²) >= 11 is 9.52. The number of nitrogens with one attached hydrogen (secondary N) is 1. The minimum Gasteiger partial charge on any atom is -0.459 e. The van der Waals surface area contributed by atoms with Gasteiger partial charge in [0.15, 0.2) is 5.11 Å². The summed E-state index contributed by atoms with van der Waals surface area (Å²) in [7, 11) is 0. The summed E-state index contributed by atoms with van der Waals surface area (Å²) in [6, 6.07) is 22.5. The van der Waals surface area contributed by atoms with Crippen LogP contribution in [0.5, 0.6) is 0 Å². The molecule has 6 heteroatoms. The molecule has 3 heterocycles. The minimum atomic E-state index is -0.174. The predicted molar refractivity (Wildman–Crippen MR) is 140 cm³/mol. The van der Waals surface area contributed by atoms with Gasteiger partial charge in [0.1, 0.15) is 17.6 Å². The van der Waals surface area contributed by atoms with Gasteiger partial charge in [-0.15, -0.1) is 0 Å². The molecule has 2 aromatic heterocycles. The molecule has 1 saturated heterocycles. The quantitative estimate of drug-likeness (QED) is 0.289. The smallest absolute Gasteiger partial charge is 0.174 e. The van der Waals surface area contributed by atoms with E-state index in [0.717, 1.165) is 32.9 Å². The molecule has 1 aliphatic heterocycles. The number of aryl methyl sites for hydroxylation is 3. The number of thiocarbonyl (C=S) groups is 1. The van der Waals surface area contributed by atoms with Gasteiger partial charge in [0.2, 0.25) is 0 Å². The summed E-state index contributed by atoms with van der Waals surface area (Å²) in [4.78, 5) is 6.78. The van der Waals surface area contributed by atoms with Crippen LogP contribution in [0.3, 0.4) is 0 Å². The van der Waals surface area contributed by atoms with Crippen molar-refractivity contribution in [3.05, 3.63) is 106 Å². The maximum Gasteiger partial charge on any atom is 0.174 e. The van der Waals surface area contributed by atoms with Crippen LogP contribution in [0.2, 0.25) is 0 Å². The SMILES string of the molecule is Cc1cc(C)cc(N2C(=S)N[C@H](c3ccccn3)[C@H]2c2ccc(-c3ccc(C)cc3Br)o2)c1. The lowest BCUT2D eigenvalue weighted by atomic mass is 10.0. The molecular weight excluding hydrogens is 494 g/mol. The van der Waals surface area contributed by atoms with Gasteiger partial charge in [-0.05, 0) is 98.2 Å². The Kier molecular flexibility index (Phi) is 5.81. The molecule has 4 nitrogen and oxygen atoms in total. The number of halogens is 1. The molecule has 0 radical (unpaired) electrons. The van der Waals surface area contributed by atoms with Crippen molar-refractivity contribution in [3.63, 3.8) is 0 Å². The first-order valence-corrected chi connectivity index (χ1v) is 12.1. The van der Waals surface area contributed by atoms with Crippen LogP contribution in [0.1, 0.15) is 40.2 Å². The Labute approximate surface area is 207 Å². The lowest BCUT2D eigenvalue weighted by Gasteiger charge is -2.26. The van der Waals surface area contributed by atoms with Gasteiger partial charge < -0.3 is 14.6 Å². The van der Waals surface area contributed by atoms with Gasteiger partial charge in [0, 0.05) is 21.9 Å². The van der Waals surface area contributed by atoms with E-state index >= 15 is 0 Å². The first-order valence-electron chi connectivity index (χ1n) is 10.9. The Bertz CT molecular complexity index is 1310. The molecule has 0 spiro atoms. The molecule has 33 heavy (non-hydrogen) atoms. The van der Waals surface area contributed by atoms with Gasteiger partial charge in [-0.2, -0.15) is 0 Å². The van der Waals surface area contributed by atoms with Crippen molar-refractivity contribution in [2.75, 3.05) is 4.90 Å². The second-order valence-corrected chi connectivity index (χ2v) is 9.77. The molecular formula is C27H24BrN3OS. The summed E-state index contributed by atoms with van der Waals surface area (Å²) in [5, 5.41) is 4.16. The number of pyridine rings is 1. The fourth-order valence-corrected chi connectivity index (χ4v) is 5.52. The molecule has 4 aromatic rings. The molecule has 2 aromatic carbocycles. The standard InChI is InChI=1S/C27H24BrN3OS/c1-16-7-8-20(21(28)15-16)23-9-10-24(32-23)26-25(22-6-4-5-11-29-22)30-27(33)31(26)19-13-17(2)12-18(3)14-19/h4-15,25-26H,1-3H3,(H,30,33)/t25-,26-/m1/s1. The van der Waals surface area contributed by atoms with Gasteiger partial charge in [-0.1, -0.05) is 34.1 Å². The fraction of sp³-hybridized carbons (Fsp3) is 0.185. The number of hydrogen-bond acceptors (Lipinski definition) is 3. The number of anilines is 1. The van der Waals surface area contributed by atoms with E-state index < -0.39 is 0 Å².